The third-order valence-electron chi connectivity index (χ3n) is 8.35. The lowest BCUT2D eigenvalue weighted by Gasteiger charge is -2.38. The molecule has 2 fully saturated rings. The van der Waals surface area contributed by atoms with E-state index in [2.05, 4.69) is 46.0 Å². The first-order chi connectivity index (χ1) is 20.2. The van der Waals surface area contributed by atoms with Gasteiger partial charge in [0, 0.05) is 75.2 Å². The van der Waals surface area contributed by atoms with Gasteiger partial charge in [0.05, 0.1) is 12.2 Å². The molecular formula is C32H41N5O4Si. The molecule has 6 rings (SSSR count). The smallest absolute Gasteiger partial charge is 0.219 e. The van der Waals surface area contributed by atoms with Crippen molar-refractivity contribution in [1.29, 1.82) is 0 Å². The maximum absolute atomic E-state index is 11.5. The molecule has 0 spiro atoms. The number of furan rings is 1. The number of nitrogens with zero attached hydrogens (tertiary/aromatic N) is 4. The molecule has 2 aliphatic heterocycles. The second-order valence-corrected chi connectivity index (χ2v) is 18.5. The number of amides is 1. The monoisotopic (exact) mass is 587 g/mol. The number of benzene rings is 1. The van der Waals surface area contributed by atoms with Crippen LogP contribution in [0.3, 0.4) is 0 Å². The van der Waals surface area contributed by atoms with Crippen molar-refractivity contribution in [3.05, 3.63) is 60.6 Å². The highest BCUT2D eigenvalue weighted by Crippen LogP contribution is 2.38. The molecule has 1 amide bonds. The van der Waals surface area contributed by atoms with Gasteiger partial charge in [-0.1, -0.05) is 19.6 Å². The fraction of sp³-hybridized carbons (Fsp3) is 0.469. The van der Waals surface area contributed by atoms with Crippen molar-refractivity contribution in [2.75, 3.05) is 6.61 Å². The molecule has 0 unspecified atom stereocenters. The number of rotatable bonds is 11. The predicted octanol–water partition coefficient (Wildman–Crippen LogP) is 6.43. The molecule has 222 valence electrons. The Balaban J connectivity index is 1.07. The number of carbonyl (C=O) groups is 1. The van der Waals surface area contributed by atoms with Gasteiger partial charge in [-0.15, -0.1) is 0 Å². The second kappa shape index (κ2) is 12.0. The van der Waals surface area contributed by atoms with Crippen LogP contribution >= 0.6 is 0 Å². The number of aromatic nitrogens is 3. The van der Waals surface area contributed by atoms with E-state index in [0.717, 1.165) is 60.0 Å². The van der Waals surface area contributed by atoms with Gasteiger partial charge in [0.2, 0.25) is 11.8 Å². The number of carbonyl (C=O) groups excluding carboxylic acids is 1. The summed E-state index contributed by atoms with van der Waals surface area (Å²) in [4.78, 5) is 18.6. The summed E-state index contributed by atoms with van der Waals surface area (Å²) in [5.74, 6) is 2.22. The standard InChI is InChI=1S/C32H41N5O4Si/c1-22(38)35-25-16-26-7-8-27(17-25)36(26)20-29-15-23-5-9-28(18-31(23)40-29)41-32-10-6-24(19-33-32)30-11-12-34-37(30)21-39-13-14-42(2,3)4/h5-6,9-12,15,18-19,25-27H,7-8,13-14,16-17,20-21H2,1-4H3,(H,35,38)/t25-,26+,27-. The van der Waals surface area contributed by atoms with E-state index < -0.39 is 8.07 Å². The largest absolute Gasteiger partial charge is 0.460 e. The van der Waals surface area contributed by atoms with Gasteiger partial charge in [-0.2, -0.15) is 5.10 Å². The fourth-order valence-electron chi connectivity index (χ4n) is 6.25. The van der Waals surface area contributed by atoms with E-state index in [1.807, 2.05) is 41.1 Å². The molecule has 1 N–H and O–H groups in total. The Morgan fingerprint density at radius 3 is 2.62 bits per heavy atom. The topological polar surface area (TPSA) is 94.7 Å². The van der Waals surface area contributed by atoms with Crippen molar-refractivity contribution in [2.45, 2.75) is 89.7 Å². The summed E-state index contributed by atoms with van der Waals surface area (Å²) in [5.41, 5.74) is 2.71. The van der Waals surface area contributed by atoms with Crippen LogP contribution in [0, 0.1) is 0 Å². The number of piperidine rings is 1. The maximum Gasteiger partial charge on any atom is 0.219 e. The van der Waals surface area contributed by atoms with E-state index in [1.165, 1.54) is 12.8 Å². The molecular weight excluding hydrogens is 546 g/mol. The van der Waals surface area contributed by atoms with Crippen LogP contribution in [0.2, 0.25) is 25.7 Å². The number of hydrogen-bond acceptors (Lipinski definition) is 7. The number of hydrogen-bond donors (Lipinski definition) is 1. The molecule has 9 nitrogen and oxygen atoms in total. The van der Waals surface area contributed by atoms with Crippen molar-refractivity contribution in [3.8, 4) is 22.9 Å². The molecule has 10 heteroatoms. The van der Waals surface area contributed by atoms with E-state index in [1.54, 1.807) is 19.3 Å². The average Bonchev–Trinajstić information content (AvgIpc) is 3.62. The molecule has 2 bridgehead atoms. The number of pyridine rings is 1. The van der Waals surface area contributed by atoms with Crippen LogP contribution < -0.4 is 10.1 Å². The van der Waals surface area contributed by atoms with Crippen LogP contribution in [-0.2, 0) is 22.8 Å². The van der Waals surface area contributed by atoms with Gasteiger partial charge in [0.15, 0.2) is 0 Å². The molecule has 0 saturated carbocycles. The summed E-state index contributed by atoms with van der Waals surface area (Å²) in [6.07, 6.45) is 7.97. The third-order valence-corrected chi connectivity index (χ3v) is 10.1. The van der Waals surface area contributed by atoms with Crippen molar-refractivity contribution < 1.29 is 18.7 Å². The van der Waals surface area contributed by atoms with E-state index in [-0.39, 0.29) is 11.9 Å². The summed E-state index contributed by atoms with van der Waals surface area (Å²) < 4.78 is 20.1. The van der Waals surface area contributed by atoms with E-state index in [0.29, 0.717) is 30.4 Å². The van der Waals surface area contributed by atoms with E-state index in [4.69, 9.17) is 13.9 Å². The zero-order valence-electron chi connectivity index (χ0n) is 25.0. The van der Waals surface area contributed by atoms with Crippen LogP contribution in [0.4, 0.5) is 0 Å². The SMILES string of the molecule is CC(=O)N[C@H]1C[C@H]2CC[C@@H](C1)N2Cc1cc2ccc(Oc3ccc(-c4ccnn4COCC[Si](C)(C)C)cn3)cc2o1. The Morgan fingerprint density at radius 2 is 1.90 bits per heavy atom. The van der Waals surface area contributed by atoms with Crippen LogP contribution in [-0.4, -0.2) is 58.4 Å². The minimum atomic E-state index is -1.13. The van der Waals surface area contributed by atoms with Gasteiger partial charge in [-0.25, -0.2) is 9.67 Å². The molecule has 3 atom stereocenters. The third kappa shape index (κ3) is 6.77. The number of nitrogens with one attached hydrogen (secondary N) is 1. The first kappa shape index (κ1) is 28.6. The lowest BCUT2D eigenvalue weighted by molar-refractivity contribution is -0.120. The van der Waals surface area contributed by atoms with E-state index >= 15 is 0 Å². The van der Waals surface area contributed by atoms with Crippen molar-refractivity contribution in [3.63, 3.8) is 0 Å². The highest BCUT2D eigenvalue weighted by Gasteiger charge is 2.41. The number of ether oxygens (including phenoxy) is 2. The average molecular weight is 588 g/mol. The zero-order valence-corrected chi connectivity index (χ0v) is 26.0. The van der Waals surface area contributed by atoms with Gasteiger partial charge in [-0.05, 0) is 62.1 Å². The first-order valence-electron chi connectivity index (χ1n) is 15.0. The van der Waals surface area contributed by atoms with E-state index in [9.17, 15) is 4.79 Å². The molecule has 2 saturated heterocycles. The minimum Gasteiger partial charge on any atom is -0.460 e. The maximum atomic E-state index is 11.5. The van der Waals surface area contributed by atoms with Crippen LogP contribution in [0.25, 0.3) is 22.2 Å². The van der Waals surface area contributed by atoms with Crippen LogP contribution in [0.5, 0.6) is 11.6 Å². The Bertz CT molecular complexity index is 1510. The van der Waals surface area contributed by atoms with Gasteiger partial charge in [-0.3, -0.25) is 9.69 Å². The summed E-state index contributed by atoms with van der Waals surface area (Å²) >= 11 is 0. The molecule has 4 aromatic rings. The number of fused-ring (bicyclic) bond motifs is 3. The molecule has 0 aliphatic carbocycles. The Hall–Kier alpha value is -3.47. The van der Waals surface area contributed by atoms with Gasteiger partial charge in [0.25, 0.3) is 0 Å². The molecule has 1 aromatic carbocycles. The minimum absolute atomic E-state index is 0.0652. The summed E-state index contributed by atoms with van der Waals surface area (Å²) in [6.45, 7) is 10.6. The molecule has 3 aromatic heterocycles. The lowest BCUT2D eigenvalue weighted by Crippen LogP contribution is -2.49. The summed E-state index contributed by atoms with van der Waals surface area (Å²) in [5, 5.41) is 8.61. The molecule has 5 heterocycles. The Labute approximate surface area is 248 Å². The quantitative estimate of drug-likeness (QED) is 0.160. The highest BCUT2D eigenvalue weighted by molar-refractivity contribution is 6.76. The first-order valence-corrected chi connectivity index (χ1v) is 18.7. The fourth-order valence-corrected chi connectivity index (χ4v) is 7.01. The molecule has 0 radical (unpaired) electrons. The molecule has 2 aliphatic rings. The Kier molecular flexibility index (Phi) is 8.20. The van der Waals surface area contributed by atoms with Gasteiger partial charge in [0.1, 0.15) is 23.8 Å². The van der Waals surface area contributed by atoms with Gasteiger partial charge < -0.3 is 19.2 Å². The van der Waals surface area contributed by atoms with Crippen LogP contribution in [0.15, 0.2) is 59.3 Å². The van der Waals surface area contributed by atoms with Crippen molar-refractivity contribution in [2.24, 2.45) is 0 Å². The van der Waals surface area contributed by atoms with Gasteiger partial charge >= 0.3 is 0 Å². The summed E-state index contributed by atoms with van der Waals surface area (Å²) in [7, 11) is -1.13. The second-order valence-electron chi connectivity index (χ2n) is 12.9. The molecule has 42 heavy (non-hydrogen) atoms. The highest BCUT2D eigenvalue weighted by atomic mass is 28.3. The van der Waals surface area contributed by atoms with Crippen molar-refractivity contribution >= 4 is 25.0 Å². The van der Waals surface area contributed by atoms with Crippen LogP contribution in [0.1, 0.15) is 38.4 Å². The predicted molar refractivity (Wildman–Crippen MR) is 165 cm³/mol. The normalized spacial score (nSPS) is 20.7. The Morgan fingerprint density at radius 1 is 1.10 bits per heavy atom. The van der Waals surface area contributed by atoms with Crippen molar-refractivity contribution in [1.82, 2.24) is 25.0 Å². The summed E-state index contributed by atoms with van der Waals surface area (Å²) in [6, 6.07) is 16.3. The lowest BCUT2D eigenvalue weighted by atomic mass is 9.97. The zero-order chi connectivity index (χ0) is 29.3.